The van der Waals surface area contributed by atoms with Crippen LogP contribution in [0.3, 0.4) is 0 Å². The number of hydrogen-bond donors (Lipinski definition) is 1. The Morgan fingerprint density at radius 3 is 2.91 bits per heavy atom. The number of aromatic nitrogens is 3. The lowest BCUT2D eigenvalue weighted by Gasteiger charge is -2.09. The third-order valence-electron chi connectivity index (χ3n) is 4.17. The largest absolute Gasteiger partial charge is 0.339 e. The molecule has 0 radical (unpaired) electrons. The van der Waals surface area contributed by atoms with E-state index in [4.69, 9.17) is 0 Å². The quantitative estimate of drug-likeness (QED) is 0.785. The van der Waals surface area contributed by atoms with Gasteiger partial charge in [-0.1, -0.05) is 6.07 Å². The van der Waals surface area contributed by atoms with Crippen molar-refractivity contribution in [3.8, 4) is 0 Å². The predicted molar refractivity (Wildman–Crippen MR) is 93.0 cm³/mol. The summed E-state index contributed by atoms with van der Waals surface area (Å²) in [5.74, 6) is 0.842. The Morgan fingerprint density at radius 2 is 2.09 bits per heavy atom. The van der Waals surface area contributed by atoms with Gasteiger partial charge in [-0.25, -0.2) is 0 Å². The summed E-state index contributed by atoms with van der Waals surface area (Å²) in [6.07, 6.45) is 1.81. The zero-order chi connectivity index (χ0) is 16.0. The number of nitrogens with one attached hydrogen (secondary N) is 1. The highest BCUT2D eigenvalue weighted by Crippen LogP contribution is 2.26. The summed E-state index contributed by atoms with van der Waals surface area (Å²) in [6.45, 7) is 7.04. The summed E-state index contributed by atoms with van der Waals surface area (Å²) >= 11 is 0. The minimum absolute atomic E-state index is 0.347. The third kappa shape index (κ3) is 2.29. The van der Waals surface area contributed by atoms with Gasteiger partial charge in [0.2, 0.25) is 0 Å². The van der Waals surface area contributed by atoms with Crippen molar-refractivity contribution in [2.24, 2.45) is 4.99 Å². The highest BCUT2D eigenvalue weighted by atomic mass is 15.3. The first-order valence-electron chi connectivity index (χ1n) is 7.88. The van der Waals surface area contributed by atoms with E-state index in [0.29, 0.717) is 12.6 Å². The van der Waals surface area contributed by atoms with Crippen molar-refractivity contribution < 1.29 is 0 Å². The fourth-order valence-electron chi connectivity index (χ4n) is 3.02. The average molecular weight is 305 g/mol. The van der Waals surface area contributed by atoms with Crippen molar-refractivity contribution in [2.45, 2.75) is 33.4 Å². The maximum Gasteiger partial charge on any atom is 0.152 e. The van der Waals surface area contributed by atoms with Gasteiger partial charge in [-0.2, -0.15) is 5.10 Å². The number of hydrogen-bond acceptors (Lipinski definition) is 4. The summed E-state index contributed by atoms with van der Waals surface area (Å²) in [5.41, 5.74) is 5.34. The summed E-state index contributed by atoms with van der Waals surface area (Å²) in [6, 6.07) is 10.7. The third-order valence-corrected chi connectivity index (χ3v) is 4.17. The average Bonchev–Trinajstić information content (AvgIpc) is 3.10. The monoisotopic (exact) mass is 305 g/mol. The van der Waals surface area contributed by atoms with E-state index in [-0.39, 0.29) is 0 Å². The topological polar surface area (TPSA) is 55.1 Å². The van der Waals surface area contributed by atoms with E-state index < -0.39 is 0 Å². The molecule has 116 valence electrons. The van der Waals surface area contributed by atoms with Gasteiger partial charge in [0.1, 0.15) is 5.69 Å². The lowest BCUT2D eigenvalue weighted by atomic mass is 10.1. The Bertz CT molecular complexity index is 920. The van der Waals surface area contributed by atoms with Gasteiger partial charge in [-0.05, 0) is 45.0 Å². The standard InChI is InChI=1S/C18H19N5/c1-11(2)23-16-7-6-14(9-15(16)12(3)22-23)21-18-17-13(10-20-18)5-4-8-19-17/h4-9,11H,10H2,1-3H3,(H,20,21). The number of amidine groups is 1. The molecule has 5 nitrogen and oxygen atoms in total. The molecule has 0 aliphatic carbocycles. The van der Waals surface area contributed by atoms with Gasteiger partial charge in [0.05, 0.1) is 17.8 Å². The summed E-state index contributed by atoms with van der Waals surface area (Å²) < 4.78 is 2.07. The number of aliphatic imine (C=N–C) groups is 1. The first kappa shape index (κ1) is 13.9. The van der Waals surface area contributed by atoms with Crippen LogP contribution in [0.25, 0.3) is 10.9 Å². The fourth-order valence-corrected chi connectivity index (χ4v) is 3.02. The van der Waals surface area contributed by atoms with Crippen molar-refractivity contribution in [3.05, 3.63) is 53.5 Å². The van der Waals surface area contributed by atoms with Crippen LogP contribution < -0.4 is 5.32 Å². The van der Waals surface area contributed by atoms with E-state index in [1.807, 2.05) is 6.07 Å². The van der Waals surface area contributed by atoms with Gasteiger partial charge in [0, 0.05) is 28.9 Å². The summed E-state index contributed by atoms with van der Waals surface area (Å²) in [4.78, 5) is 8.99. The smallest absolute Gasteiger partial charge is 0.152 e. The number of nitrogens with zero attached hydrogens (tertiary/aromatic N) is 4. The number of benzene rings is 1. The van der Waals surface area contributed by atoms with E-state index in [9.17, 15) is 0 Å². The summed E-state index contributed by atoms with van der Waals surface area (Å²) in [5, 5.41) is 9.22. The zero-order valence-electron chi connectivity index (χ0n) is 13.5. The molecule has 0 saturated carbocycles. The van der Waals surface area contributed by atoms with Gasteiger partial charge in [0.15, 0.2) is 5.84 Å². The molecule has 0 amide bonds. The Balaban J connectivity index is 1.70. The van der Waals surface area contributed by atoms with Gasteiger partial charge in [-0.15, -0.1) is 0 Å². The van der Waals surface area contributed by atoms with Crippen LogP contribution in [0.15, 0.2) is 41.5 Å². The molecule has 4 rings (SSSR count). The van der Waals surface area contributed by atoms with Crippen LogP contribution in [0.5, 0.6) is 0 Å². The van der Waals surface area contributed by atoms with E-state index in [2.05, 4.69) is 70.1 Å². The Kier molecular flexibility index (Phi) is 3.15. The van der Waals surface area contributed by atoms with Crippen LogP contribution in [-0.2, 0) is 6.54 Å². The van der Waals surface area contributed by atoms with E-state index in [1.54, 1.807) is 6.20 Å². The lowest BCUT2D eigenvalue weighted by Crippen LogP contribution is -2.13. The molecule has 23 heavy (non-hydrogen) atoms. The zero-order valence-corrected chi connectivity index (χ0v) is 13.5. The second kappa shape index (κ2) is 5.19. The van der Waals surface area contributed by atoms with Crippen LogP contribution in [-0.4, -0.2) is 20.6 Å². The van der Waals surface area contributed by atoms with Crippen molar-refractivity contribution in [1.29, 1.82) is 0 Å². The molecule has 1 N–H and O–H groups in total. The van der Waals surface area contributed by atoms with Crippen molar-refractivity contribution in [3.63, 3.8) is 0 Å². The van der Waals surface area contributed by atoms with Gasteiger partial charge in [-0.3, -0.25) is 14.7 Å². The van der Waals surface area contributed by atoms with Crippen LogP contribution in [0, 0.1) is 6.92 Å². The molecule has 0 fully saturated rings. The predicted octanol–water partition coefficient (Wildman–Crippen LogP) is 3.69. The van der Waals surface area contributed by atoms with Crippen LogP contribution in [0.2, 0.25) is 0 Å². The fraction of sp³-hybridized carbons (Fsp3) is 0.278. The summed E-state index contributed by atoms with van der Waals surface area (Å²) in [7, 11) is 0. The molecule has 2 aromatic heterocycles. The molecule has 0 spiro atoms. The van der Waals surface area contributed by atoms with Gasteiger partial charge < -0.3 is 5.32 Å². The SMILES string of the molecule is Cc1nn(C(C)C)c2ccc(NC3=NCc4cccnc43)cc12. The molecule has 0 bridgehead atoms. The van der Waals surface area contributed by atoms with Crippen molar-refractivity contribution in [1.82, 2.24) is 14.8 Å². The normalized spacial score (nSPS) is 13.5. The number of anilines is 1. The number of rotatable bonds is 2. The molecule has 1 aliphatic heterocycles. The van der Waals surface area contributed by atoms with E-state index in [1.165, 1.54) is 10.9 Å². The second-order valence-electron chi connectivity index (χ2n) is 6.16. The molecule has 0 atom stereocenters. The molecule has 1 aromatic carbocycles. The minimum atomic E-state index is 0.347. The Labute approximate surface area is 135 Å². The maximum atomic E-state index is 4.64. The Morgan fingerprint density at radius 1 is 1.22 bits per heavy atom. The maximum absolute atomic E-state index is 4.64. The molecule has 3 heterocycles. The van der Waals surface area contributed by atoms with Gasteiger partial charge >= 0.3 is 0 Å². The van der Waals surface area contributed by atoms with E-state index >= 15 is 0 Å². The lowest BCUT2D eigenvalue weighted by molar-refractivity contribution is 0.547. The van der Waals surface area contributed by atoms with Gasteiger partial charge in [0.25, 0.3) is 0 Å². The minimum Gasteiger partial charge on any atom is -0.339 e. The molecular weight excluding hydrogens is 286 g/mol. The number of fused-ring (bicyclic) bond motifs is 2. The van der Waals surface area contributed by atoms with Crippen LogP contribution in [0.1, 0.15) is 36.8 Å². The first-order valence-corrected chi connectivity index (χ1v) is 7.88. The highest BCUT2D eigenvalue weighted by Gasteiger charge is 2.17. The molecule has 0 saturated heterocycles. The number of aryl methyl sites for hydroxylation is 1. The highest BCUT2D eigenvalue weighted by molar-refractivity contribution is 6.09. The number of pyridine rings is 1. The first-order chi connectivity index (χ1) is 11.1. The van der Waals surface area contributed by atoms with Crippen LogP contribution in [0.4, 0.5) is 5.69 Å². The van der Waals surface area contributed by atoms with Crippen molar-refractivity contribution >= 4 is 22.4 Å². The molecule has 1 aliphatic rings. The molecule has 3 aromatic rings. The molecule has 5 heteroatoms. The Hall–Kier alpha value is -2.69. The van der Waals surface area contributed by atoms with Crippen LogP contribution >= 0.6 is 0 Å². The van der Waals surface area contributed by atoms with Crippen molar-refractivity contribution in [2.75, 3.05) is 5.32 Å². The van der Waals surface area contributed by atoms with E-state index in [0.717, 1.165) is 28.4 Å². The second-order valence-corrected chi connectivity index (χ2v) is 6.16. The molecule has 0 unspecified atom stereocenters. The molecular formula is C18H19N5.